The third-order valence-electron chi connectivity index (χ3n) is 4.50. The number of carbonyl (C=O) groups is 1. The van der Waals surface area contributed by atoms with E-state index in [2.05, 4.69) is 12.2 Å². The van der Waals surface area contributed by atoms with Crippen LogP contribution in [0.4, 0.5) is 0 Å². The molecule has 1 fully saturated rings. The molecule has 0 spiro atoms. The number of carbonyl (C=O) groups excluding carboxylic acids is 1. The minimum atomic E-state index is -3.51. The van der Waals surface area contributed by atoms with E-state index in [0.717, 1.165) is 19.3 Å². The quantitative estimate of drug-likeness (QED) is 0.651. The first-order valence-electron chi connectivity index (χ1n) is 9.10. The van der Waals surface area contributed by atoms with Gasteiger partial charge in [0, 0.05) is 32.7 Å². The van der Waals surface area contributed by atoms with Crippen molar-refractivity contribution in [3.05, 3.63) is 24.3 Å². The van der Waals surface area contributed by atoms with Crippen LogP contribution in [0.3, 0.4) is 0 Å². The molecule has 0 atom stereocenters. The van der Waals surface area contributed by atoms with E-state index in [-0.39, 0.29) is 10.8 Å². The Morgan fingerprint density at radius 2 is 1.77 bits per heavy atom. The highest BCUT2D eigenvalue weighted by molar-refractivity contribution is 7.89. The van der Waals surface area contributed by atoms with Crippen molar-refractivity contribution >= 4 is 15.9 Å². The smallest absolute Gasteiger partial charge is 0.243 e. The SMILES string of the molecule is CCCCCNC(=O)CN1CCN(S(=O)(=O)c2ccc(OC)cc2)CC1. The van der Waals surface area contributed by atoms with E-state index in [1.807, 2.05) is 4.90 Å². The lowest BCUT2D eigenvalue weighted by Gasteiger charge is -2.33. The Kier molecular flexibility index (Phi) is 7.86. The highest BCUT2D eigenvalue weighted by atomic mass is 32.2. The number of nitrogens with one attached hydrogen (secondary N) is 1. The van der Waals surface area contributed by atoms with Crippen molar-refractivity contribution in [1.82, 2.24) is 14.5 Å². The molecule has 1 aliphatic heterocycles. The Morgan fingerprint density at radius 3 is 2.35 bits per heavy atom. The topological polar surface area (TPSA) is 79.0 Å². The Hall–Kier alpha value is -1.64. The van der Waals surface area contributed by atoms with Crippen LogP contribution in [0.25, 0.3) is 0 Å². The van der Waals surface area contributed by atoms with Gasteiger partial charge in [0.05, 0.1) is 18.6 Å². The van der Waals surface area contributed by atoms with Gasteiger partial charge in [0.15, 0.2) is 0 Å². The number of unbranched alkanes of at least 4 members (excludes halogenated alkanes) is 2. The summed E-state index contributed by atoms with van der Waals surface area (Å²) >= 11 is 0. The molecule has 1 aromatic carbocycles. The molecule has 26 heavy (non-hydrogen) atoms. The van der Waals surface area contributed by atoms with E-state index in [1.165, 1.54) is 4.31 Å². The van der Waals surface area contributed by atoms with E-state index in [9.17, 15) is 13.2 Å². The number of rotatable bonds is 9. The van der Waals surface area contributed by atoms with Gasteiger partial charge in [-0.15, -0.1) is 0 Å². The zero-order chi connectivity index (χ0) is 19.0. The average molecular weight is 384 g/mol. The van der Waals surface area contributed by atoms with Crippen molar-refractivity contribution in [2.75, 3.05) is 46.4 Å². The molecule has 0 bridgehead atoms. The molecule has 1 amide bonds. The average Bonchev–Trinajstić information content (AvgIpc) is 2.66. The van der Waals surface area contributed by atoms with Gasteiger partial charge in [0.2, 0.25) is 15.9 Å². The second-order valence-corrected chi connectivity index (χ2v) is 8.35. The number of amides is 1. The van der Waals surface area contributed by atoms with Crippen LogP contribution in [0.1, 0.15) is 26.2 Å². The van der Waals surface area contributed by atoms with E-state index in [0.29, 0.717) is 45.0 Å². The summed E-state index contributed by atoms with van der Waals surface area (Å²) in [4.78, 5) is 14.2. The van der Waals surface area contributed by atoms with Crippen molar-refractivity contribution in [3.63, 3.8) is 0 Å². The molecule has 0 aromatic heterocycles. The maximum absolute atomic E-state index is 12.7. The molecular weight excluding hydrogens is 354 g/mol. The van der Waals surface area contributed by atoms with Crippen molar-refractivity contribution in [2.45, 2.75) is 31.1 Å². The van der Waals surface area contributed by atoms with Gasteiger partial charge in [0.25, 0.3) is 0 Å². The number of nitrogens with zero attached hydrogens (tertiary/aromatic N) is 2. The van der Waals surface area contributed by atoms with Gasteiger partial charge in [-0.25, -0.2) is 8.42 Å². The van der Waals surface area contributed by atoms with Crippen LogP contribution in [-0.2, 0) is 14.8 Å². The van der Waals surface area contributed by atoms with Gasteiger partial charge in [-0.3, -0.25) is 9.69 Å². The zero-order valence-corrected chi connectivity index (χ0v) is 16.4. The van der Waals surface area contributed by atoms with Crippen LogP contribution in [0.2, 0.25) is 0 Å². The zero-order valence-electron chi connectivity index (χ0n) is 15.6. The second-order valence-electron chi connectivity index (χ2n) is 6.41. The highest BCUT2D eigenvalue weighted by Gasteiger charge is 2.29. The van der Waals surface area contributed by atoms with Crippen LogP contribution >= 0.6 is 0 Å². The van der Waals surface area contributed by atoms with Gasteiger partial charge in [0.1, 0.15) is 5.75 Å². The molecule has 1 aromatic rings. The van der Waals surface area contributed by atoms with Crippen molar-refractivity contribution in [1.29, 1.82) is 0 Å². The summed E-state index contributed by atoms with van der Waals surface area (Å²) < 4.78 is 32.0. The number of piperazine rings is 1. The minimum Gasteiger partial charge on any atom is -0.497 e. The molecule has 1 heterocycles. The van der Waals surface area contributed by atoms with Gasteiger partial charge in [-0.05, 0) is 30.7 Å². The molecule has 0 unspecified atom stereocenters. The molecule has 1 aliphatic rings. The van der Waals surface area contributed by atoms with Crippen LogP contribution in [0.5, 0.6) is 5.75 Å². The van der Waals surface area contributed by atoms with Gasteiger partial charge >= 0.3 is 0 Å². The molecule has 0 saturated carbocycles. The number of benzene rings is 1. The third kappa shape index (κ3) is 5.69. The fourth-order valence-corrected chi connectivity index (χ4v) is 4.31. The first kappa shape index (κ1) is 20.7. The number of methoxy groups -OCH3 is 1. The summed E-state index contributed by atoms with van der Waals surface area (Å²) in [6.07, 6.45) is 3.23. The fraction of sp³-hybridized carbons (Fsp3) is 0.611. The van der Waals surface area contributed by atoms with E-state index >= 15 is 0 Å². The fourth-order valence-electron chi connectivity index (χ4n) is 2.89. The summed E-state index contributed by atoms with van der Waals surface area (Å²) in [5.74, 6) is 0.631. The number of hydrogen-bond donors (Lipinski definition) is 1. The van der Waals surface area contributed by atoms with Crippen LogP contribution in [-0.4, -0.2) is 69.9 Å². The maximum Gasteiger partial charge on any atom is 0.243 e. The van der Waals surface area contributed by atoms with E-state index in [1.54, 1.807) is 31.4 Å². The Labute approximate surface area is 156 Å². The largest absolute Gasteiger partial charge is 0.497 e. The molecule has 146 valence electrons. The summed E-state index contributed by atoms with van der Waals surface area (Å²) in [5.41, 5.74) is 0. The number of hydrogen-bond acceptors (Lipinski definition) is 5. The first-order chi connectivity index (χ1) is 12.5. The normalized spacial score (nSPS) is 16.4. The summed E-state index contributed by atoms with van der Waals surface area (Å²) in [7, 11) is -1.96. The summed E-state index contributed by atoms with van der Waals surface area (Å²) in [5, 5.41) is 2.92. The second kappa shape index (κ2) is 9.89. The minimum absolute atomic E-state index is 0.00700. The standard InChI is InChI=1S/C18H29N3O4S/c1-3-4-5-10-19-18(22)15-20-11-13-21(14-12-20)26(23,24)17-8-6-16(25-2)7-9-17/h6-9H,3-5,10-15H2,1-2H3,(H,19,22). The lowest BCUT2D eigenvalue weighted by atomic mass is 10.2. The Bertz CT molecular complexity index is 668. The third-order valence-corrected chi connectivity index (χ3v) is 6.41. The lowest BCUT2D eigenvalue weighted by Crippen LogP contribution is -2.51. The number of ether oxygens (including phenoxy) is 1. The summed E-state index contributed by atoms with van der Waals surface area (Å²) in [6, 6.07) is 6.41. The molecule has 2 rings (SSSR count). The van der Waals surface area contributed by atoms with E-state index in [4.69, 9.17) is 4.74 Å². The highest BCUT2D eigenvalue weighted by Crippen LogP contribution is 2.20. The van der Waals surface area contributed by atoms with E-state index < -0.39 is 10.0 Å². The Morgan fingerprint density at radius 1 is 1.12 bits per heavy atom. The van der Waals surface area contributed by atoms with Gasteiger partial charge in [-0.1, -0.05) is 19.8 Å². The van der Waals surface area contributed by atoms with Crippen LogP contribution < -0.4 is 10.1 Å². The molecular formula is C18H29N3O4S. The van der Waals surface area contributed by atoms with Gasteiger partial charge in [-0.2, -0.15) is 4.31 Å². The van der Waals surface area contributed by atoms with Crippen molar-refractivity contribution in [2.24, 2.45) is 0 Å². The molecule has 8 heteroatoms. The number of sulfonamides is 1. The first-order valence-corrected chi connectivity index (χ1v) is 10.5. The molecule has 0 radical (unpaired) electrons. The Balaban J connectivity index is 1.82. The van der Waals surface area contributed by atoms with Crippen LogP contribution in [0.15, 0.2) is 29.2 Å². The molecule has 0 aliphatic carbocycles. The van der Waals surface area contributed by atoms with Crippen molar-refractivity contribution in [3.8, 4) is 5.75 Å². The molecule has 7 nitrogen and oxygen atoms in total. The lowest BCUT2D eigenvalue weighted by molar-refractivity contribution is -0.122. The monoisotopic (exact) mass is 383 g/mol. The predicted molar refractivity (Wildman–Crippen MR) is 101 cm³/mol. The molecule has 1 saturated heterocycles. The molecule has 1 N–H and O–H groups in total. The predicted octanol–water partition coefficient (Wildman–Crippen LogP) is 1.31. The van der Waals surface area contributed by atoms with Crippen LogP contribution in [0, 0.1) is 0 Å². The maximum atomic E-state index is 12.7. The van der Waals surface area contributed by atoms with Crippen molar-refractivity contribution < 1.29 is 17.9 Å². The van der Waals surface area contributed by atoms with Gasteiger partial charge < -0.3 is 10.1 Å². The summed E-state index contributed by atoms with van der Waals surface area (Å²) in [6.45, 7) is 5.03.